The predicted octanol–water partition coefficient (Wildman–Crippen LogP) is 3.76. The molecule has 0 saturated heterocycles. The highest BCUT2D eigenvalue weighted by Gasteiger charge is 2.22. The van der Waals surface area contributed by atoms with Gasteiger partial charge < -0.3 is 5.11 Å². The molecule has 1 aromatic heterocycles. The lowest BCUT2D eigenvalue weighted by molar-refractivity contribution is 0.199. The Kier molecular flexibility index (Phi) is 4.61. The van der Waals surface area contributed by atoms with E-state index in [1.165, 1.54) is 12.8 Å². The van der Waals surface area contributed by atoms with Gasteiger partial charge in [-0.2, -0.15) is 0 Å². The number of halogens is 1. The van der Waals surface area contributed by atoms with Crippen LogP contribution in [0.1, 0.15) is 50.3 Å². The molecule has 2 aromatic rings. The number of hydrogen-bond donors (Lipinski definition) is 1. The fourth-order valence-corrected chi connectivity index (χ4v) is 4.07. The molecular formula is C14H17BrN4OS. The second-order valence-electron chi connectivity index (χ2n) is 5.31. The molecule has 21 heavy (non-hydrogen) atoms. The molecule has 0 bridgehead atoms. The molecule has 1 aliphatic carbocycles. The lowest BCUT2D eigenvalue weighted by Gasteiger charge is -2.12. The van der Waals surface area contributed by atoms with Gasteiger partial charge in [-0.1, -0.05) is 18.9 Å². The van der Waals surface area contributed by atoms with Gasteiger partial charge in [0.05, 0.1) is 12.1 Å². The average Bonchev–Trinajstić information content (AvgIpc) is 3.11. The van der Waals surface area contributed by atoms with E-state index in [0.29, 0.717) is 6.04 Å². The molecule has 7 heteroatoms. The van der Waals surface area contributed by atoms with Crippen LogP contribution in [0.2, 0.25) is 0 Å². The van der Waals surface area contributed by atoms with Crippen molar-refractivity contribution in [3.63, 3.8) is 0 Å². The molecule has 1 heterocycles. The largest absolute Gasteiger partial charge is 0.389 e. The first-order chi connectivity index (χ1) is 10.1. The van der Waals surface area contributed by atoms with E-state index in [2.05, 4.69) is 31.5 Å². The Morgan fingerprint density at radius 1 is 1.38 bits per heavy atom. The van der Waals surface area contributed by atoms with Crippen molar-refractivity contribution in [1.82, 2.24) is 20.2 Å². The Balaban J connectivity index is 1.82. The maximum Gasteiger partial charge on any atom is 0.214 e. The number of aromatic nitrogens is 4. The van der Waals surface area contributed by atoms with Crippen molar-refractivity contribution in [3.05, 3.63) is 28.2 Å². The van der Waals surface area contributed by atoms with Crippen LogP contribution in [0.5, 0.6) is 0 Å². The predicted molar refractivity (Wildman–Crippen MR) is 84.2 cm³/mol. The quantitative estimate of drug-likeness (QED) is 0.889. The van der Waals surface area contributed by atoms with Gasteiger partial charge in [0.1, 0.15) is 0 Å². The smallest absolute Gasteiger partial charge is 0.214 e. The van der Waals surface area contributed by atoms with E-state index in [1.54, 1.807) is 18.7 Å². The van der Waals surface area contributed by atoms with E-state index in [4.69, 9.17) is 0 Å². The van der Waals surface area contributed by atoms with Gasteiger partial charge in [-0.25, -0.2) is 4.68 Å². The summed E-state index contributed by atoms with van der Waals surface area (Å²) >= 11 is 5.11. The number of aliphatic hydroxyl groups excluding tert-OH is 1. The van der Waals surface area contributed by atoms with Gasteiger partial charge in [0.15, 0.2) is 0 Å². The Hall–Kier alpha value is -0.920. The molecule has 112 valence electrons. The van der Waals surface area contributed by atoms with E-state index in [9.17, 15) is 5.11 Å². The van der Waals surface area contributed by atoms with Gasteiger partial charge in [-0.05, 0) is 75.6 Å². The van der Waals surface area contributed by atoms with Crippen molar-refractivity contribution in [2.24, 2.45) is 0 Å². The van der Waals surface area contributed by atoms with Crippen molar-refractivity contribution >= 4 is 27.7 Å². The number of nitrogens with zero attached hydrogens (tertiary/aromatic N) is 4. The third-order valence-electron chi connectivity index (χ3n) is 3.77. The van der Waals surface area contributed by atoms with Crippen molar-refractivity contribution in [3.8, 4) is 0 Å². The second kappa shape index (κ2) is 6.46. The zero-order chi connectivity index (χ0) is 14.8. The maximum absolute atomic E-state index is 9.62. The SMILES string of the molecule is C[C@H](O)c1ccc(Sc2nnnn2C2CCCC2)c(Br)c1. The fraction of sp³-hybridized carbons (Fsp3) is 0.500. The van der Waals surface area contributed by atoms with Crippen LogP contribution in [0.15, 0.2) is 32.7 Å². The monoisotopic (exact) mass is 368 g/mol. The van der Waals surface area contributed by atoms with Crippen LogP contribution in [0, 0.1) is 0 Å². The molecule has 3 rings (SSSR count). The van der Waals surface area contributed by atoms with Crippen molar-refractivity contribution in [2.45, 2.75) is 54.8 Å². The van der Waals surface area contributed by atoms with E-state index < -0.39 is 6.10 Å². The summed E-state index contributed by atoms with van der Waals surface area (Å²) in [6, 6.07) is 6.29. The second-order valence-corrected chi connectivity index (χ2v) is 7.18. The minimum Gasteiger partial charge on any atom is -0.389 e. The van der Waals surface area contributed by atoms with Gasteiger partial charge in [-0.15, -0.1) is 5.10 Å². The van der Waals surface area contributed by atoms with Crippen LogP contribution >= 0.6 is 27.7 Å². The lowest BCUT2D eigenvalue weighted by atomic mass is 10.1. The first kappa shape index (κ1) is 15.0. The number of aliphatic hydroxyl groups is 1. The first-order valence-corrected chi connectivity index (χ1v) is 8.69. The average molecular weight is 369 g/mol. The lowest BCUT2D eigenvalue weighted by Crippen LogP contribution is -2.08. The van der Waals surface area contributed by atoms with Gasteiger partial charge in [0, 0.05) is 9.37 Å². The van der Waals surface area contributed by atoms with E-state index >= 15 is 0 Å². The molecule has 5 nitrogen and oxygen atoms in total. The minimum absolute atomic E-state index is 0.429. The normalized spacial score (nSPS) is 17.3. The molecule has 0 spiro atoms. The van der Waals surface area contributed by atoms with E-state index in [-0.39, 0.29) is 0 Å². The molecule has 1 saturated carbocycles. The van der Waals surface area contributed by atoms with E-state index in [1.807, 2.05) is 22.9 Å². The highest BCUT2D eigenvalue weighted by Crippen LogP contribution is 2.37. The highest BCUT2D eigenvalue weighted by molar-refractivity contribution is 9.10. The Labute approximate surface area is 136 Å². The molecule has 1 atom stereocenters. The van der Waals surface area contributed by atoms with Crippen LogP contribution in [-0.2, 0) is 0 Å². The Morgan fingerprint density at radius 3 is 2.81 bits per heavy atom. The number of hydrogen-bond acceptors (Lipinski definition) is 5. The summed E-state index contributed by atoms with van der Waals surface area (Å²) < 4.78 is 2.90. The Morgan fingerprint density at radius 2 is 2.14 bits per heavy atom. The summed E-state index contributed by atoms with van der Waals surface area (Å²) in [6.07, 6.45) is 4.34. The van der Waals surface area contributed by atoms with Gasteiger partial charge in [0.2, 0.25) is 5.16 Å². The number of tetrazole rings is 1. The van der Waals surface area contributed by atoms with Gasteiger partial charge in [-0.3, -0.25) is 0 Å². The van der Waals surface area contributed by atoms with E-state index in [0.717, 1.165) is 32.9 Å². The summed E-state index contributed by atoms with van der Waals surface area (Å²) in [6.45, 7) is 1.76. The highest BCUT2D eigenvalue weighted by atomic mass is 79.9. The van der Waals surface area contributed by atoms with Crippen LogP contribution in [0.3, 0.4) is 0 Å². The van der Waals surface area contributed by atoms with Crippen LogP contribution in [-0.4, -0.2) is 25.3 Å². The molecule has 0 radical (unpaired) electrons. The summed E-state index contributed by atoms with van der Waals surface area (Å²) in [4.78, 5) is 1.05. The van der Waals surface area contributed by atoms with Crippen molar-refractivity contribution in [1.29, 1.82) is 0 Å². The number of rotatable bonds is 4. The minimum atomic E-state index is -0.468. The van der Waals surface area contributed by atoms with Crippen molar-refractivity contribution in [2.75, 3.05) is 0 Å². The summed E-state index contributed by atoms with van der Waals surface area (Å²) in [5.74, 6) is 0. The molecular weight excluding hydrogens is 352 g/mol. The molecule has 0 amide bonds. The van der Waals surface area contributed by atoms with Crippen LogP contribution in [0.4, 0.5) is 0 Å². The Bertz CT molecular complexity index is 625. The molecule has 1 aromatic carbocycles. The molecule has 1 aliphatic rings. The maximum atomic E-state index is 9.62. The van der Waals surface area contributed by atoms with Gasteiger partial charge >= 0.3 is 0 Å². The molecule has 1 fully saturated rings. The van der Waals surface area contributed by atoms with Crippen LogP contribution in [0.25, 0.3) is 0 Å². The van der Waals surface area contributed by atoms with Crippen molar-refractivity contribution < 1.29 is 5.11 Å². The molecule has 1 N–H and O–H groups in total. The standard InChI is InChI=1S/C14H17BrN4OS/c1-9(20)10-6-7-13(12(15)8-10)21-14-16-17-18-19(14)11-4-2-3-5-11/h6-9,11,20H,2-5H2,1H3/t9-/m0/s1. The zero-order valence-electron chi connectivity index (χ0n) is 11.7. The fourth-order valence-electron chi connectivity index (χ4n) is 2.59. The third-order valence-corrected chi connectivity index (χ3v) is 5.72. The van der Waals surface area contributed by atoms with Crippen LogP contribution < -0.4 is 0 Å². The van der Waals surface area contributed by atoms with Gasteiger partial charge in [0.25, 0.3) is 0 Å². The molecule has 0 unspecified atom stereocenters. The topological polar surface area (TPSA) is 63.8 Å². The third kappa shape index (κ3) is 3.30. The zero-order valence-corrected chi connectivity index (χ0v) is 14.1. The first-order valence-electron chi connectivity index (χ1n) is 7.08. The summed E-state index contributed by atoms with van der Waals surface area (Å²) in [7, 11) is 0. The summed E-state index contributed by atoms with van der Waals surface area (Å²) in [5, 5.41) is 22.6. The summed E-state index contributed by atoms with van der Waals surface area (Å²) in [5.41, 5.74) is 0.890. The number of benzene rings is 1. The molecule has 0 aliphatic heterocycles.